The van der Waals surface area contributed by atoms with Crippen LogP contribution in [0.15, 0.2) is 33.3 Å². The molecule has 0 radical (unpaired) electrons. The molecule has 0 bridgehead atoms. The zero-order valence-corrected chi connectivity index (χ0v) is 14.2. The van der Waals surface area contributed by atoms with Crippen LogP contribution in [0.2, 0.25) is 5.02 Å². The molecule has 0 aliphatic heterocycles. The van der Waals surface area contributed by atoms with Crippen LogP contribution in [0.5, 0.6) is 0 Å². The average molecular weight is 406 g/mol. The van der Waals surface area contributed by atoms with Crippen molar-refractivity contribution < 1.29 is 0 Å². The van der Waals surface area contributed by atoms with E-state index in [9.17, 15) is 0 Å². The van der Waals surface area contributed by atoms with Crippen LogP contribution in [-0.2, 0) is 6.42 Å². The van der Waals surface area contributed by atoms with Gasteiger partial charge in [-0.05, 0) is 56.5 Å². The lowest BCUT2D eigenvalue weighted by molar-refractivity contribution is 0.831. The molecule has 1 heterocycles. The molecule has 0 unspecified atom stereocenters. The van der Waals surface area contributed by atoms with Gasteiger partial charge in [0.15, 0.2) is 0 Å². The summed E-state index contributed by atoms with van der Waals surface area (Å²) < 4.78 is 1.67. The number of anilines is 2. The molecule has 1 N–H and O–H groups in total. The maximum Gasteiger partial charge on any atom is 0.135 e. The number of halogens is 3. The summed E-state index contributed by atoms with van der Waals surface area (Å²) in [6.45, 7) is 2.10. The molecule has 0 aliphatic rings. The number of benzene rings is 1. The highest BCUT2D eigenvalue weighted by Gasteiger charge is 2.05. The lowest BCUT2D eigenvalue weighted by Crippen LogP contribution is -2.01. The Labute approximate surface area is 134 Å². The lowest BCUT2D eigenvalue weighted by Gasteiger charge is -2.09. The topological polar surface area (TPSA) is 37.8 Å². The van der Waals surface area contributed by atoms with Gasteiger partial charge >= 0.3 is 0 Å². The number of hydrogen-bond donors (Lipinski definition) is 1. The van der Waals surface area contributed by atoms with E-state index in [1.54, 1.807) is 0 Å². The van der Waals surface area contributed by atoms with E-state index in [-0.39, 0.29) is 0 Å². The fourth-order valence-corrected chi connectivity index (χ4v) is 2.80. The first-order valence-electron chi connectivity index (χ1n) is 5.84. The van der Waals surface area contributed by atoms with E-state index in [1.165, 1.54) is 0 Å². The molecule has 2 rings (SSSR count). The van der Waals surface area contributed by atoms with Crippen molar-refractivity contribution in [2.45, 2.75) is 19.8 Å². The summed E-state index contributed by atoms with van der Waals surface area (Å²) in [5.41, 5.74) is 0.914. The van der Waals surface area contributed by atoms with Crippen LogP contribution in [0.3, 0.4) is 0 Å². The molecule has 1 aromatic carbocycles. The van der Waals surface area contributed by atoms with Crippen molar-refractivity contribution in [1.82, 2.24) is 9.97 Å². The van der Waals surface area contributed by atoms with Gasteiger partial charge < -0.3 is 5.32 Å². The van der Waals surface area contributed by atoms with Crippen LogP contribution in [0.1, 0.15) is 19.2 Å². The SMILES string of the molecule is CCCc1nc(Br)cc(Nc2ccc(Cl)cc2Br)n1. The number of hydrogen-bond acceptors (Lipinski definition) is 3. The van der Waals surface area contributed by atoms with E-state index in [0.29, 0.717) is 5.02 Å². The van der Waals surface area contributed by atoms with Crippen molar-refractivity contribution in [3.8, 4) is 0 Å². The minimum atomic E-state index is 0.688. The third-order valence-electron chi connectivity index (χ3n) is 2.41. The molecule has 0 amide bonds. The fraction of sp³-hybridized carbons (Fsp3) is 0.231. The molecule has 0 spiro atoms. The second-order valence-electron chi connectivity index (χ2n) is 3.99. The van der Waals surface area contributed by atoms with Gasteiger partial charge in [0.2, 0.25) is 0 Å². The Morgan fingerprint density at radius 2 is 2.00 bits per heavy atom. The predicted molar refractivity (Wildman–Crippen MR) is 86.2 cm³/mol. The van der Waals surface area contributed by atoms with Crippen LogP contribution in [0.4, 0.5) is 11.5 Å². The molecule has 0 saturated heterocycles. The summed E-state index contributed by atoms with van der Waals surface area (Å²) in [4.78, 5) is 8.81. The quantitative estimate of drug-likeness (QED) is 0.697. The number of rotatable bonds is 4. The maximum atomic E-state index is 5.92. The monoisotopic (exact) mass is 403 g/mol. The van der Waals surface area contributed by atoms with E-state index in [1.807, 2.05) is 24.3 Å². The summed E-state index contributed by atoms with van der Waals surface area (Å²) in [6, 6.07) is 7.42. The van der Waals surface area contributed by atoms with Crippen molar-refractivity contribution in [2.75, 3.05) is 5.32 Å². The van der Waals surface area contributed by atoms with Crippen molar-refractivity contribution in [3.05, 3.63) is 44.2 Å². The van der Waals surface area contributed by atoms with Crippen molar-refractivity contribution in [2.24, 2.45) is 0 Å². The van der Waals surface area contributed by atoms with Gasteiger partial charge in [-0.25, -0.2) is 9.97 Å². The highest BCUT2D eigenvalue weighted by atomic mass is 79.9. The van der Waals surface area contributed by atoms with E-state index >= 15 is 0 Å². The standard InChI is InChI=1S/C13H12Br2ClN3/c1-2-3-12-18-11(15)7-13(19-12)17-10-5-4-8(16)6-9(10)14/h4-7H,2-3H2,1H3,(H,17,18,19). The van der Waals surface area contributed by atoms with Crippen molar-refractivity contribution >= 4 is 55.0 Å². The number of aryl methyl sites for hydroxylation is 1. The van der Waals surface area contributed by atoms with E-state index < -0.39 is 0 Å². The molecular weight excluding hydrogens is 393 g/mol. The van der Waals surface area contributed by atoms with Gasteiger partial charge in [0, 0.05) is 22.0 Å². The smallest absolute Gasteiger partial charge is 0.135 e. The summed E-state index contributed by atoms with van der Waals surface area (Å²) in [5, 5.41) is 3.94. The Morgan fingerprint density at radius 1 is 1.21 bits per heavy atom. The van der Waals surface area contributed by atoms with Gasteiger partial charge in [-0.3, -0.25) is 0 Å². The molecule has 19 heavy (non-hydrogen) atoms. The van der Waals surface area contributed by atoms with Crippen molar-refractivity contribution in [1.29, 1.82) is 0 Å². The lowest BCUT2D eigenvalue weighted by atomic mass is 10.3. The number of nitrogens with one attached hydrogen (secondary N) is 1. The molecule has 1 aromatic heterocycles. The summed E-state index contributed by atoms with van der Waals surface area (Å²) in [6.07, 6.45) is 1.87. The zero-order valence-electron chi connectivity index (χ0n) is 10.3. The second-order valence-corrected chi connectivity index (χ2v) is 6.09. The first-order chi connectivity index (χ1) is 9.08. The largest absolute Gasteiger partial charge is 0.339 e. The molecular formula is C13H12Br2ClN3. The van der Waals surface area contributed by atoms with E-state index in [0.717, 1.165) is 39.2 Å². The van der Waals surface area contributed by atoms with Gasteiger partial charge in [-0.15, -0.1) is 0 Å². The maximum absolute atomic E-state index is 5.92. The molecule has 0 aliphatic carbocycles. The second kappa shape index (κ2) is 6.68. The zero-order chi connectivity index (χ0) is 13.8. The van der Waals surface area contributed by atoms with Crippen molar-refractivity contribution in [3.63, 3.8) is 0 Å². The summed E-state index contributed by atoms with van der Waals surface area (Å²) >= 11 is 12.8. The Morgan fingerprint density at radius 3 is 2.68 bits per heavy atom. The van der Waals surface area contributed by atoms with Gasteiger partial charge in [0.1, 0.15) is 16.2 Å². The van der Waals surface area contributed by atoms with Crippen LogP contribution >= 0.6 is 43.5 Å². The van der Waals surface area contributed by atoms with Gasteiger partial charge in [0.05, 0.1) is 5.69 Å². The van der Waals surface area contributed by atoms with Crippen LogP contribution < -0.4 is 5.32 Å². The van der Waals surface area contributed by atoms with Crippen LogP contribution in [-0.4, -0.2) is 9.97 Å². The molecule has 2 aromatic rings. The Bertz CT molecular complexity index is 590. The minimum Gasteiger partial charge on any atom is -0.339 e. The minimum absolute atomic E-state index is 0.688. The highest BCUT2D eigenvalue weighted by Crippen LogP contribution is 2.28. The Hall–Kier alpha value is -0.650. The van der Waals surface area contributed by atoms with Gasteiger partial charge in [0.25, 0.3) is 0 Å². The molecule has 100 valence electrons. The first-order valence-corrected chi connectivity index (χ1v) is 7.80. The summed E-state index contributed by atoms with van der Waals surface area (Å²) in [5.74, 6) is 1.58. The Kier molecular flexibility index (Phi) is 5.19. The third-order valence-corrected chi connectivity index (χ3v) is 3.71. The molecule has 0 fully saturated rings. The number of aromatic nitrogens is 2. The van der Waals surface area contributed by atoms with E-state index in [4.69, 9.17) is 11.6 Å². The normalized spacial score (nSPS) is 10.5. The predicted octanol–water partition coefficient (Wildman–Crippen LogP) is 5.35. The van der Waals surface area contributed by atoms with Gasteiger partial charge in [-0.1, -0.05) is 18.5 Å². The fourth-order valence-electron chi connectivity index (χ4n) is 1.59. The summed E-state index contributed by atoms with van der Waals surface area (Å²) in [7, 11) is 0. The highest BCUT2D eigenvalue weighted by molar-refractivity contribution is 9.10. The third kappa shape index (κ3) is 4.16. The van der Waals surface area contributed by atoms with Crippen LogP contribution in [0.25, 0.3) is 0 Å². The average Bonchev–Trinajstić information content (AvgIpc) is 2.32. The molecule has 0 atom stereocenters. The van der Waals surface area contributed by atoms with E-state index in [2.05, 4.69) is 54.1 Å². The Balaban J connectivity index is 2.27. The molecule has 0 saturated carbocycles. The first kappa shape index (κ1) is 14.8. The molecule has 3 nitrogen and oxygen atoms in total. The number of nitrogens with zero attached hydrogens (tertiary/aromatic N) is 2. The molecule has 6 heteroatoms. The van der Waals surface area contributed by atoms with Gasteiger partial charge in [-0.2, -0.15) is 0 Å². The van der Waals surface area contributed by atoms with Crippen LogP contribution in [0, 0.1) is 0 Å².